The maximum Gasteiger partial charge on any atom is 0.253 e. The molecular weight excluding hydrogens is 394 g/mol. The Kier molecular flexibility index (Phi) is 4.18. The molecule has 2 N–H and O–H groups in total. The van der Waals surface area contributed by atoms with E-state index in [2.05, 4.69) is 25.9 Å². The standard InChI is InChI=1S/C22H27N7O2/c30-8-5-19-24-26-27-29(19)12-16-9-18-17(4-2-7-28(18)25-16)20(31)23-14-22-11-15-3-1-6-21(22,10-15)13-22/h2,4,7,9,15,30H,1,3,5-6,8,10-14H2,(H,23,31). The van der Waals surface area contributed by atoms with Gasteiger partial charge in [0.1, 0.15) is 0 Å². The summed E-state index contributed by atoms with van der Waals surface area (Å²) < 4.78 is 3.36. The molecule has 0 radical (unpaired) electrons. The Hall–Kier alpha value is -2.81. The highest BCUT2D eigenvalue weighted by molar-refractivity contribution is 6.00. The van der Waals surface area contributed by atoms with Crippen molar-refractivity contribution in [3.63, 3.8) is 0 Å². The number of aromatic nitrogens is 6. The number of amides is 1. The highest BCUT2D eigenvalue weighted by Crippen LogP contribution is 2.79. The van der Waals surface area contributed by atoms with E-state index in [-0.39, 0.29) is 12.5 Å². The second-order valence-electron chi connectivity index (χ2n) is 9.70. The Labute approximate surface area is 179 Å². The van der Waals surface area contributed by atoms with E-state index in [9.17, 15) is 4.79 Å². The van der Waals surface area contributed by atoms with Crippen LogP contribution in [-0.4, -0.2) is 54.0 Å². The maximum atomic E-state index is 13.1. The summed E-state index contributed by atoms with van der Waals surface area (Å²) in [7, 11) is 0. The first-order chi connectivity index (χ1) is 15.1. The van der Waals surface area contributed by atoms with Crippen LogP contribution in [0.5, 0.6) is 0 Å². The summed E-state index contributed by atoms with van der Waals surface area (Å²) in [6.07, 6.45) is 10.3. The fourth-order valence-electron chi connectivity index (χ4n) is 6.53. The number of fused-ring (bicyclic) bond motifs is 2. The first kappa shape index (κ1) is 18.9. The van der Waals surface area contributed by atoms with Crippen LogP contribution in [-0.2, 0) is 13.0 Å². The predicted octanol–water partition coefficient (Wildman–Crippen LogP) is 1.60. The Bertz CT molecular complexity index is 1150. The number of aliphatic hydroxyl groups is 1. The second kappa shape index (κ2) is 6.85. The molecule has 3 aromatic rings. The van der Waals surface area contributed by atoms with E-state index in [1.54, 1.807) is 9.20 Å². The van der Waals surface area contributed by atoms with Gasteiger partial charge in [0, 0.05) is 19.2 Å². The second-order valence-corrected chi connectivity index (χ2v) is 9.70. The molecular formula is C22H27N7O2. The molecule has 3 saturated carbocycles. The quantitative estimate of drug-likeness (QED) is 0.600. The van der Waals surface area contributed by atoms with E-state index in [1.165, 1.54) is 38.5 Å². The van der Waals surface area contributed by atoms with Crippen LogP contribution in [0.2, 0.25) is 0 Å². The number of pyridine rings is 1. The largest absolute Gasteiger partial charge is 0.396 e. The van der Waals surface area contributed by atoms with Gasteiger partial charge in [0.15, 0.2) is 5.82 Å². The van der Waals surface area contributed by atoms with Crippen LogP contribution in [0.25, 0.3) is 5.52 Å². The zero-order valence-electron chi connectivity index (χ0n) is 17.5. The highest BCUT2D eigenvalue weighted by Gasteiger charge is 2.71. The van der Waals surface area contributed by atoms with Crippen LogP contribution in [0, 0.1) is 16.7 Å². The average Bonchev–Trinajstić information content (AvgIpc) is 3.13. The van der Waals surface area contributed by atoms with Gasteiger partial charge in [0.2, 0.25) is 0 Å². The highest BCUT2D eigenvalue weighted by atomic mass is 16.3. The van der Waals surface area contributed by atoms with E-state index < -0.39 is 0 Å². The lowest BCUT2D eigenvalue weighted by atomic mass is 9.83. The number of rotatable bonds is 7. The molecule has 0 aromatic carbocycles. The summed E-state index contributed by atoms with van der Waals surface area (Å²) >= 11 is 0. The van der Waals surface area contributed by atoms with Crippen molar-refractivity contribution in [2.45, 2.75) is 51.5 Å². The Morgan fingerprint density at radius 1 is 1.35 bits per heavy atom. The summed E-state index contributed by atoms with van der Waals surface area (Å²) in [5.74, 6) is 1.46. The topological polar surface area (TPSA) is 110 Å². The van der Waals surface area contributed by atoms with Gasteiger partial charge in [-0.1, -0.05) is 12.8 Å². The minimum atomic E-state index is -0.0293. The van der Waals surface area contributed by atoms with Crippen LogP contribution < -0.4 is 5.32 Å². The molecule has 3 aliphatic rings. The van der Waals surface area contributed by atoms with E-state index >= 15 is 0 Å². The first-order valence-corrected chi connectivity index (χ1v) is 11.2. The van der Waals surface area contributed by atoms with Gasteiger partial charge >= 0.3 is 0 Å². The van der Waals surface area contributed by atoms with Crippen LogP contribution in [0.15, 0.2) is 24.4 Å². The van der Waals surface area contributed by atoms with Gasteiger partial charge in [-0.15, -0.1) is 5.10 Å². The molecule has 3 atom stereocenters. The predicted molar refractivity (Wildman–Crippen MR) is 111 cm³/mol. The number of nitrogens with one attached hydrogen (secondary N) is 1. The smallest absolute Gasteiger partial charge is 0.253 e. The van der Waals surface area contributed by atoms with Gasteiger partial charge in [-0.2, -0.15) is 5.10 Å². The minimum Gasteiger partial charge on any atom is -0.396 e. The monoisotopic (exact) mass is 421 g/mol. The minimum absolute atomic E-state index is 0.0145. The van der Waals surface area contributed by atoms with E-state index in [0.717, 1.165) is 23.7 Å². The molecule has 3 fully saturated rings. The van der Waals surface area contributed by atoms with E-state index in [1.807, 2.05) is 24.4 Å². The SMILES string of the molecule is O=C(NCC12CC3CCCC1(C3)C2)c1cccn2nc(Cn3nnnc3CCO)cc12. The number of carbonyl (C=O) groups is 1. The normalized spacial score (nSPS) is 28.6. The van der Waals surface area contributed by atoms with E-state index in [0.29, 0.717) is 35.2 Å². The first-order valence-electron chi connectivity index (χ1n) is 11.2. The number of hydrogen-bond donors (Lipinski definition) is 2. The van der Waals surface area contributed by atoms with E-state index in [4.69, 9.17) is 5.11 Å². The zero-order chi connectivity index (χ0) is 21.1. The van der Waals surface area contributed by atoms with Gasteiger partial charge in [-0.05, 0) is 71.1 Å². The molecule has 6 rings (SSSR count). The molecule has 2 bridgehead atoms. The van der Waals surface area contributed by atoms with Crippen molar-refractivity contribution in [1.29, 1.82) is 0 Å². The lowest BCUT2D eigenvalue weighted by Gasteiger charge is -2.22. The molecule has 162 valence electrons. The van der Waals surface area contributed by atoms with Gasteiger partial charge in [-0.25, -0.2) is 9.20 Å². The molecule has 1 spiro atoms. The maximum absolute atomic E-state index is 13.1. The van der Waals surface area contributed by atoms with Gasteiger partial charge in [-0.3, -0.25) is 4.79 Å². The van der Waals surface area contributed by atoms with Gasteiger partial charge in [0.05, 0.1) is 29.9 Å². The van der Waals surface area contributed by atoms with Crippen LogP contribution in [0.3, 0.4) is 0 Å². The Balaban J connectivity index is 1.20. The number of hydrogen-bond acceptors (Lipinski definition) is 6. The molecule has 3 aromatic heterocycles. The third kappa shape index (κ3) is 2.97. The summed E-state index contributed by atoms with van der Waals surface area (Å²) in [6, 6.07) is 5.63. The van der Waals surface area contributed by atoms with Crippen molar-refractivity contribution >= 4 is 11.4 Å². The van der Waals surface area contributed by atoms with Gasteiger partial charge in [0.25, 0.3) is 5.91 Å². The van der Waals surface area contributed by atoms with Crippen molar-refractivity contribution in [2.75, 3.05) is 13.2 Å². The van der Waals surface area contributed by atoms with Crippen LogP contribution >= 0.6 is 0 Å². The molecule has 3 aliphatic carbocycles. The van der Waals surface area contributed by atoms with Crippen molar-refractivity contribution < 1.29 is 9.90 Å². The van der Waals surface area contributed by atoms with Crippen molar-refractivity contribution in [2.24, 2.45) is 16.7 Å². The van der Waals surface area contributed by atoms with Gasteiger partial charge < -0.3 is 10.4 Å². The fraction of sp³-hybridized carbons (Fsp3) is 0.591. The lowest BCUT2D eigenvalue weighted by molar-refractivity contribution is 0.0943. The summed E-state index contributed by atoms with van der Waals surface area (Å²) in [4.78, 5) is 13.1. The zero-order valence-corrected chi connectivity index (χ0v) is 17.5. The lowest BCUT2D eigenvalue weighted by Crippen LogP contribution is -2.31. The van der Waals surface area contributed by atoms with Crippen molar-refractivity contribution in [3.05, 3.63) is 41.5 Å². The summed E-state index contributed by atoms with van der Waals surface area (Å²) in [5.41, 5.74) is 3.05. The summed E-state index contributed by atoms with van der Waals surface area (Å²) in [5, 5.41) is 28.6. The molecule has 31 heavy (non-hydrogen) atoms. The fourth-order valence-corrected chi connectivity index (χ4v) is 6.53. The third-order valence-corrected chi connectivity index (χ3v) is 7.94. The molecule has 0 aliphatic heterocycles. The van der Waals surface area contributed by atoms with Crippen molar-refractivity contribution in [3.8, 4) is 0 Å². The molecule has 1 amide bonds. The van der Waals surface area contributed by atoms with Crippen molar-refractivity contribution in [1.82, 2.24) is 35.1 Å². The Morgan fingerprint density at radius 3 is 3.16 bits per heavy atom. The molecule has 0 saturated heterocycles. The molecule has 9 heteroatoms. The molecule has 9 nitrogen and oxygen atoms in total. The molecule has 3 heterocycles. The average molecular weight is 422 g/mol. The number of carbonyl (C=O) groups excluding carboxylic acids is 1. The third-order valence-electron chi connectivity index (χ3n) is 7.94. The molecule has 3 unspecified atom stereocenters. The Morgan fingerprint density at radius 2 is 2.29 bits per heavy atom. The number of aliphatic hydroxyl groups excluding tert-OH is 1. The van der Waals surface area contributed by atoms with Crippen LogP contribution in [0.4, 0.5) is 0 Å². The van der Waals surface area contributed by atoms with Crippen LogP contribution in [0.1, 0.15) is 60.4 Å². The number of tetrazole rings is 1. The number of nitrogens with zero attached hydrogens (tertiary/aromatic N) is 6. The summed E-state index contributed by atoms with van der Waals surface area (Å²) in [6.45, 7) is 1.16.